The maximum absolute atomic E-state index is 11.2. The number of phenolic OH excluding ortho intramolecular Hbond substituents is 1. The molecule has 1 rings (SSSR count). The normalized spacial score (nSPS) is 11.2. The van der Waals surface area contributed by atoms with Crippen molar-refractivity contribution in [3.8, 4) is 5.75 Å². The highest BCUT2D eigenvalue weighted by Gasteiger charge is 2.14. The lowest BCUT2D eigenvalue weighted by molar-refractivity contribution is 0.0968. The van der Waals surface area contributed by atoms with Crippen LogP contribution in [0.5, 0.6) is 5.75 Å². The zero-order valence-corrected chi connectivity index (χ0v) is 6.64. The molecule has 0 atom stereocenters. The van der Waals surface area contributed by atoms with E-state index >= 15 is 0 Å². The molecule has 0 spiro atoms. The van der Waals surface area contributed by atoms with Crippen LogP contribution in [0, 0.1) is 0 Å². The van der Waals surface area contributed by atoms with Gasteiger partial charge in [0, 0.05) is 0 Å². The van der Waals surface area contributed by atoms with Gasteiger partial charge in [-0.1, -0.05) is 12.1 Å². The Morgan fingerprint density at radius 3 is 2.46 bits per heavy atom. The van der Waals surface area contributed by atoms with Crippen LogP contribution >= 0.6 is 0 Å². The average Bonchev–Trinajstić information content (AvgIpc) is 2.16. The second kappa shape index (κ2) is 3.62. The molecule has 13 heavy (non-hydrogen) atoms. The van der Waals surface area contributed by atoms with Crippen molar-refractivity contribution < 1.29 is 20.1 Å². The summed E-state index contributed by atoms with van der Waals surface area (Å²) in [4.78, 5) is 11.2. The lowest BCUT2D eigenvalue weighted by Crippen LogP contribution is -2.02. The fourth-order valence-corrected chi connectivity index (χ4v) is 0.862. The van der Waals surface area contributed by atoms with Crippen molar-refractivity contribution in [3.63, 3.8) is 0 Å². The molecule has 0 heterocycles. The number of para-hydroxylation sites is 1. The molecular weight excluding hydrogens is 172 g/mol. The van der Waals surface area contributed by atoms with Crippen LogP contribution in [0.15, 0.2) is 36.3 Å². The first-order valence-corrected chi connectivity index (χ1v) is 3.53. The van der Waals surface area contributed by atoms with Crippen molar-refractivity contribution in [1.29, 1.82) is 0 Å². The molecule has 1 aromatic carbocycles. The van der Waals surface area contributed by atoms with Crippen LogP contribution < -0.4 is 0 Å². The van der Waals surface area contributed by atoms with Gasteiger partial charge in [0.1, 0.15) is 12.0 Å². The van der Waals surface area contributed by atoms with Crippen molar-refractivity contribution >= 4 is 5.78 Å². The van der Waals surface area contributed by atoms with Crippen molar-refractivity contribution in [1.82, 2.24) is 0 Å². The van der Waals surface area contributed by atoms with Gasteiger partial charge in [-0.05, 0) is 12.1 Å². The number of aliphatic hydroxyl groups is 2. The number of aliphatic hydroxyl groups excluding tert-OH is 2. The molecule has 0 saturated carbocycles. The maximum Gasteiger partial charge on any atom is 0.234 e. The molecular formula is C9H8O4. The Labute approximate surface area is 74.4 Å². The van der Waals surface area contributed by atoms with Gasteiger partial charge in [0.15, 0.2) is 5.76 Å². The largest absolute Gasteiger partial charge is 0.512 e. The van der Waals surface area contributed by atoms with Crippen LogP contribution in [0.1, 0.15) is 10.4 Å². The molecule has 0 unspecified atom stereocenters. The second-order valence-electron chi connectivity index (χ2n) is 2.36. The Morgan fingerprint density at radius 1 is 1.31 bits per heavy atom. The van der Waals surface area contributed by atoms with E-state index in [1.54, 1.807) is 6.07 Å². The number of hydrogen-bond acceptors (Lipinski definition) is 4. The molecule has 4 heteroatoms. The number of allylic oxidation sites excluding steroid dienone is 1. The van der Waals surface area contributed by atoms with Gasteiger partial charge >= 0.3 is 0 Å². The minimum Gasteiger partial charge on any atom is -0.512 e. The highest BCUT2D eigenvalue weighted by atomic mass is 16.3. The first-order chi connectivity index (χ1) is 6.16. The standard InChI is InChI=1S/C9H8O4/c10-5-8(12)9(13)6-3-1-2-4-7(6)11/h1-5,10-12H. The first kappa shape index (κ1) is 9.12. The SMILES string of the molecule is O=C(C(O)=CO)c1ccccc1O. The third kappa shape index (κ3) is 1.79. The van der Waals surface area contributed by atoms with E-state index in [4.69, 9.17) is 10.2 Å². The summed E-state index contributed by atoms with van der Waals surface area (Å²) in [7, 11) is 0. The molecule has 0 amide bonds. The van der Waals surface area contributed by atoms with E-state index < -0.39 is 11.5 Å². The van der Waals surface area contributed by atoms with Crippen molar-refractivity contribution in [3.05, 3.63) is 41.9 Å². The predicted octanol–water partition coefficient (Wildman–Crippen LogP) is 1.53. The molecule has 0 aromatic heterocycles. The highest BCUT2D eigenvalue weighted by Crippen LogP contribution is 2.18. The summed E-state index contributed by atoms with van der Waals surface area (Å²) in [5.41, 5.74) is -0.0506. The fraction of sp³-hybridized carbons (Fsp3) is 0. The molecule has 0 aliphatic rings. The quantitative estimate of drug-likeness (QED) is 0.366. The number of carbonyl (C=O) groups excluding carboxylic acids is 1. The summed E-state index contributed by atoms with van der Waals surface area (Å²) < 4.78 is 0. The fourth-order valence-electron chi connectivity index (χ4n) is 0.862. The van der Waals surface area contributed by atoms with Gasteiger partial charge in [0.05, 0.1) is 5.56 Å². The van der Waals surface area contributed by atoms with E-state index in [-0.39, 0.29) is 17.6 Å². The lowest BCUT2D eigenvalue weighted by Gasteiger charge is -2.00. The predicted molar refractivity (Wildman–Crippen MR) is 45.8 cm³/mol. The third-order valence-corrected chi connectivity index (χ3v) is 1.50. The number of carbonyl (C=O) groups is 1. The molecule has 0 fully saturated rings. The monoisotopic (exact) mass is 180 g/mol. The van der Waals surface area contributed by atoms with Gasteiger partial charge in [-0.3, -0.25) is 4.79 Å². The van der Waals surface area contributed by atoms with Gasteiger partial charge in [0.25, 0.3) is 0 Å². The smallest absolute Gasteiger partial charge is 0.234 e. The van der Waals surface area contributed by atoms with Gasteiger partial charge in [-0.2, -0.15) is 0 Å². The summed E-state index contributed by atoms with van der Waals surface area (Å²) >= 11 is 0. The second-order valence-corrected chi connectivity index (χ2v) is 2.36. The number of Topliss-reactive ketones (excluding diaryl/α,β-unsaturated/α-hetero) is 1. The molecule has 0 aliphatic carbocycles. The van der Waals surface area contributed by atoms with Crippen molar-refractivity contribution in [2.24, 2.45) is 0 Å². The minimum atomic E-state index is -0.819. The Hall–Kier alpha value is -1.97. The lowest BCUT2D eigenvalue weighted by atomic mass is 10.1. The average molecular weight is 180 g/mol. The maximum atomic E-state index is 11.2. The van der Waals surface area contributed by atoms with E-state index in [1.165, 1.54) is 18.2 Å². The molecule has 4 nitrogen and oxygen atoms in total. The van der Waals surface area contributed by atoms with E-state index in [0.717, 1.165) is 0 Å². The highest BCUT2D eigenvalue weighted by molar-refractivity contribution is 6.08. The number of phenols is 1. The Balaban J connectivity index is 3.10. The Bertz CT molecular complexity index is 354. The van der Waals surface area contributed by atoms with E-state index in [0.29, 0.717) is 0 Å². The minimum absolute atomic E-state index is 0.0506. The van der Waals surface area contributed by atoms with Gasteiger partial charge in [-0.15, -0.1) is 0 Å². The molecule has 0 bridgehead atoms. The summed E-state index contributed by atoms with van der Waals surface area (Å²) in [5, 5.41) is 26.4. The van der Waals surface area contributed by atoms with Crippen LogP contribution in [0.4, 0.5) is 0 Å². The van der Waals surface area contributed by atoms with Crippen LogP contribution in [0.25, 0.3) is 0 Å². The van der Waals surface area contributed by atoms with E-state index in [2.05, 4.69) is 0 Å². The Kier molecular flexibility index (Phi) is 2.54. The molecule has 0 saturated heterocycles. The van der Waals surface area contributed by atoms with E-state index in [1.807, 2.05) is 0 Å². The number of hydrogen-bond donors (Lipinski definition) is 3. The number of benzene rings is 1. The van der Waals surface area contributed by atoms with E-state index in [9.17, 15) is 9.90 Å². The van der Waals surface area contributed by atoms with Crippen molar-refractivity contribution in [2.75, 3.05) is 0 Å². The molecule has 68 valence electrons. The van der Waals surface area contributed by atoms with Gasteiger partial charge in [-0.25, -0.2) is 0 Å². The summed E-state index contributed by atoms with van der Waals surface area (Å²) in [6.45, 7) is 0. The zero-order valence-electron chi connectivity index (χ0n) is 6.64. The molecule has 0 radical (unpaired) electrons. The van der Waals surface area contributed by atoms with Crippen molar-refractivity contribution in [2.45, 2.75) is 0 Å². The number of rotatable bonds is 2. The van der Waals surface area contributed by atoms with Gasteiger partial charge in [0.2, 0.25) is 5.78 Å². The topological polar surface area (TPSA) is 77.8 Å². The molecule has 0 aliphatic heterocycles. The number of ketones is 1. The third-order valence-electron chi connectivity index (χ3n) is 1.50. The molecule has 3 N–H and O–H groups in total. The first-order valence-electron chi connectivity index (χ1n) is 3.53. The van der Waals surface area contributed by atoms with Crippen LogP contribution in [0.3, 0.4) is 0 Å². The summed E-state index contributed by atoms with van der Waals surface area (Å²) in [5.74, 6) is -1.86. The van der Waals surface area contributed by atoms with Gasteiger partial charge < -0.3 is 15.3 Å². The summed E-state index contributed by atoms with van der Waals surface area (Å²) in [6, 6.07) is 5.75. The zero-order chi connectivity index (χ0) is 9.84. The number of aromatic hydroxyl groups is 1. The van der Waals surface area contributed by atoms with Crippen LogP contribution in [0.2, 0.25) is 0 Å². The summed E-state index contributed by atoms with van der Waals surface area (Å²) in [6.07, 6.45) is 0.286. The Morgan fingerprint density at radius 2 is 1.92 bits per heavy atom. The van der Waals surface area contributed by atoms with Crippen LogP contribution in [-0.4, -0.2) is 21.1 Å². The van der Waals surface area contributed by atoms with Crippen LogP contribution in [-0.2, 0) is 0 Å². The molecule has 1 aromatic rings.